The SMILES string of the molecule is CCc1ccc2c(c1)[nH]c1c(CCCCCCc3ccc(CC)c4c3[nH]c3cc(CC)ccc34)ccc(CC)c12. The average Bonchev–Trinajstić information content (AvgIpc) is 3.57. The molecular weight excluding hydrogens is 484 g/mol. The lowest BCUT2D eigenvalue weighted by molar-refractivity contribution is 0.642. The Morgan fingerprint density at radius 2 is 0.875 bits per heavy atom. The van der Waals surface area contributed by atoms with E-state index in [1.165, 1.54) is 103 Å². The van der Waals surface area contributed by atoms with Crippen molar-refractivity contribution in [2.45, 2.75) is 91.9 Å². The predicted molar refractivity (Wildman–Crippen MR) is 175 cm³/mol. The third-order valence-corrected chi connectivity index (χ3v) is 9.20. The van der Waals surface area contributed by atoms with E-state index in [1.807, 2.05) is 0 Å². The van der Waals surface area contributed by atoms with Crippen molar-refractivity contribution in [2.75, 3.05) is 0 Å². The van der Waals surface area contributed by atoms with Gasteiger partial charge in [0, 0.05) is 43.6 Å². The van der Waals surface area contributed by atoms with E-state index >= 15 is 0 Å². The second-order valence-corrected chi connectivity index (χ2v) is 11.6. The Morgan fingerprint density at radius 1 is 0.450 bits per heavy atom. The van der Waals surface area contributed by atoms with Crippen LogP contribution in [-0.2, 0) is 38.5 Å². The molecule has 0 radical (unpaired) electrons. The van der Waals surface area contributed by atoms with Gasteiger partial charge in [0.25, 0.3) is 0 Å². The molecule has 2 heterocycles. The summed E-state index contributed by atoms with van der Waals surface area (Å²) in [5.74, 6) is 0. The first kappa shape index (κ1) is 26.7. The van der Waals surface area contributed by atoms with Gasteiger partial charge in [0.2, 0.25) is 0 Å². The largest absolute Gasteiger partial charge is 0.354 e. The Hall–Kier alpha value is -3.52. The van der Waals surface area contributed by atoms with Gasteiger partial charge in [0.1, 0.15) is 0 Å². The summed E-state index contributed by atoms with van der Waals surface area (Å²) in [4.78, 5) is 7.62. The number of aryl methyl sites for hydroxylation is 6. The quantitative estimate of drug-likeness (QED) is 0.157. The second kappa shape index (κ2) is 11.5. The molecule has 0 saturated carbocycles. The summed E-state index contributed by atoms with van der Waals surface area (Å²) in [7, 11) is 0. The minimum atomic E-state index is 1.07. The highest BCUT2D eigenvalue weighted by Crippen LogP contribution is 2.34. The van der Waals surface area contributed by atoms with Crippen LogP contribution in [0.25, 0.3) is 43.6 Å². The van der Waals surface area contributed by atoms with Gasteiger partial charge in [0.05, 0.1) is 0 Å². The van der Waals surface area contributed by atoms with Crippen molar-refractivity contribution in [3.63, 3.8) is 0 Å². The van der Waals surface area contributed by atoms with E-state index in [0.29, 0.717) is 0 Å². The van der Waals surface area contributed by atoms with Gasteiger partial charge in [-0.25, -0.2) is 0 Å². The summed E-state index contributed by atoms with van der Waals surface area (Å²) in [6.45, 7) is 9.01. The number of unbranched alkanes of at least 4 members (excludes halogenated alkanes) is 3. The topological polar surface area (TPSA) is 31.6 Å². The van der Waals surface area contributed by atoms with Crippen molar-refractivity contribution in [2.24, 2.45) is 0 Å². The number of rotatable bonds is 11. The first-order chi connectivity index (χ1) is 19.6. The lowest BCUT2D eigenvalue weighted by atomic mass is 9.96. The normalized spacial score (nSPS) is 12.0. The molecule has 40 heavy (non-hydrogen) atoms. The first-order valence-electron chi connectivity index (χ1n) is 15.7. The molecule has 2 nitrogen and oxygen atoms in total. The third-order valence-electron chi connectivity index (χ3n) is 9.20. The number of hydrogen-bond donors (Lipinski definition) is 2. The number of hydrogen-bond acceptors (Lipinski definition) is 0. The molecule has 0 unspecified atom stereocenters. The van der Waals surface area contributed by atoms with Gasteiger partial charge in [-0.05, 0) is 96.9 Å². The molecule has 0 bridgehead atoms. The number of benzene rings is 4. The first-order valence-corrected chi connectivity index (χ1v) is 15.7. The summed E-state index contributed by atoms with van der Waals surface area (Å²) in [5, 5.41) is 5.66. The van der Waals surface area contributed by atoms with Gasteiger partial charge in [-0.1, -0.05) is 89.1 Å². The summed E-state index contributed by atoms with van der Waals surface area (Å²) in [5.41, 5.74) is 14.0. The summed E-state index contributed by atoms with van der Waals surface area (Å²) in [6, 6.07) is 23.4. The summed E-state index contributed by atoms with van der Waals surface area (Å²) in [6.07, 6.45) is 11.6. The molecule has 0 spiro atoms. The number of H-pyrrole nitrogens is 2. The molecule has 206 valence electrons. The van der Waals surface area contributed by atoms with Crippen LogP contribution in [0.4, 0.5) is 0 Å². The minimum Gasteiger partial charge on any atom is -0.354 e. The fraction of sp³-hybridized carbons (Fsp3) is 0.368. The van der Waals surface area contributed by atoms with E-state index in [4.69, 9.17) is 0 Å². The van der Waals surface area contributed by atoms with Crippen LogP contribution in [0.2, 0.25) is 0 Å². The Bertz CT molecular complexity index is 1660. The van der Waals surface area contributed by atoms with E-state index in [9.17, 15) is 0 Å². The molecule has 6 aromatic rings. The Kier molecular flexibility index (Phi) is 7.69. The molecule has 6 rings (SSSR count). The van der Waals surface area contributed by atoms with Crippen molar-refractivity contribution in [1.29, 1.82) is 0 Å². The molecule has 2 N–H and O–H groups in total. The lowest BCUT2D eigenvalue weighted by Gasteiger charge is -2.09. The van der Waals surface area contributed by atoms with Crippen LogP contribution in [0, 0.1) is 0 Å². The molecule has 0 aliphatic heterocycles. The number of aromatic amines is 2. The van der Waals surface area contributed by atoms with E-state index in [-0.39, 0.29) is 0 Å². The molecular formula is C38H44N2. The van der Waals surface area contributed by atoms with Crippen LogP contribution in [0.3, 0.4) is 0 Å². The third kappa shape index (κ3) is 4.83. The molecule has 4 aromatic carbocycles. The van der Waals surface area contributed by atoms with E-state index < -0.39 is 0 Å². The zero-order valence-corrected chi connectivity index (χ0v) is 24.8. The maximum atomic E-state index is 3.81. The zero-order chi connectivity index (χ0) is 27.6. The van der Waals surface area contributed by atoms with Crippen LogP contribution in [0.1, 0.15) is 86.8 Å². The van der Waals surface area contributed by atoms with Crippen LogP contribution in [-0.4, -0.2) is 9.97 Å². The van der Waals surface area contributed by atoms with E-state index in [0.717, 1.165) is 38.5 Å². The van der Waals surface area contributed by atoms with Crippen LogP contribution in [0.15, 0.2) is 60.7 Å². The van der Waals surface area contributed by atoms with Crippen LogP contribution >= 0.6 is 0 Å². The molecule has 0 fully saturated rings. The molecule has 0 aliphatic carbocycles. The predicted octanol–water partition coefficient (Wildman–Crippen LogP) is 10.6. The van der Waals surface area contributed by atoms with E-state index in [1.54, 1.807) is 0 Å². The van der Waals surface area contributed by atoms with Crippen molar-refractivity contribution in [3.8, 4) is 0 Å². The Morgan fingerprint density at radius 3 is 1.27 bits per heavy atom. The highest BCUT2D eigenvalue weighted by atomic mass is 14.7. The maximum absolute atomic E-state index is 3.81. The lowest BCUT2D eigenvalue weighted by Crippen LogP contribution is -1.93. The number of nitrogens with one attached hydrogen (secondary N) is 2. The van der Waals surface area contributed by atoms with Crippen LogP contribution < -0.4 is 0 Å². The summed E-state index contributed by atoms with van der Waals surface area (Å²) < 4.78 is 0. The average molecular weight is 529 g/mol. The molecule has 0 saturated heterocycles. The fourth-order valence-electron chi connectivity index (χ4n) is 6.80. The number of fused-ring (bicyclic) bond motifs is 6. The molecule has 0 atom stereocenters. The monoisotopic (exact) mass is 528 g/mol. The van der Waals surface area contributed by atoms with Gasteiger partial charge >= 0.3 is 0 Å². The summed E-state index contributed by atoms with van der Waals surface area (Å²) >= 11 is 0. The van der Waals surface area contributed by atoms with Gasteiger partial charge in [-0.2, -0.15) is 0 Å². The molecule has 0 aliphatic rings. The number of aromatic nitrogens is 2. The highest BCUT2D eigenvalue weighted by molar-refractivity contribution is 6.11. The Balaban J connectivity index is 1.14. The van der Waals surface area contributed by atoms with Crippen molar-refractivity contribution < 1.29 is 0 Å². The zero-order valence-electron chi connectivity index (χ0n) is 24.8. The standard InChI is InChI=1S/C38H44N2/c1-5-25-15-21-31-33(23-25)39-37-29(19-17-27(7-3)35(31)37)13-11-9-10-12-14-30-20-18-28(8-4)36-32-22-16-26(6-2)24-34(32)40-38(30)36/h15-24,39-40H,5-14H2,1-4H3. The van der Waals surface area contributed by atoms with Gasteiger partial charge in [-0.15, -0.1) is 0 Å². The molecule has 2 heteroatoms. The molecule has 2 aromatic heterocycles. The van der Waals surface area contributed by atoms with Gasteiger partial charge < -0.3 is 9.97 Å². The van der Waals surface area contributed by atoms with E-state index in [2.05, 4.69) is 98.3 Å². The molecule has 0 amide bonds. The fourth-order valence-corrected chi connectivity index (χ4v) is 6.80. The van der Waals surface area contributed by atoms with Crippen molar-refractivity contribution in [1.82, 2.24) is 9.97 Å². The van der Waals surface area contributed by atoms with Crippen molar-refractivity contribution >= 4 is 43.6 Å². The Labute approximate surface area is 239 Å². The smallest absolute Gasteiger partial charge is 0.0500 e. The highest BCUT2D eigenvalue weighted by Gasteiger charge is 2.14. The van der Waals surface area contributed by atoms with Crippen molar-refractivity contribution in [3.05, 3.63) is 94.0 Å². The van der Waals surface area contributed by atoms with Crippen LogP contribution in [0.5, 0.6) is 0 Å². The maximum Gasteiger partial charge on any atom is 0.0500 e. The minimum absolute atomic E-state index is 1.07. The second-order valence-electron chi connectivity index (χ2n) is 11.6. The van der Waals surface area contributed by atoms with Gasteiger partial charge in [-0.3, -0.25) is 0 Å². The van der Waals surface area contributed by atoms with Gasteiger partial charge in [0.15, 0.2) is 0 Å².